The van der Waals surface area contributed by atoms with Gasteiger partial charge in [0.25, 0.3) is 0 Å². The second kappa shape index (κ2) is 5.68. The maximum atomic E-state index is 13.2. The molecule has 0 aliphatic rings. The van der Waals surface area contributed by atoms with E-state index in [4.69, 9.17) is 23.2 Å². The van der Waals surface area contributed by atoms with Crippen LogP contribution in [0.5, 0.6) is 5.75 Å². The number of halogens is 3. The van der Waals surface area contributed by atoms with Gasteiger partial charge in [0, 0.05) is 22.8 Å². The van der Waals surface area contributed by atoms with Crippen molar-refractivity contribution in [2.45, 2.75) is 13.5 Å². The van der Waals surface area contributed by atoms with Crippen molar-refractivity contribution in [3.05, 3.63) is 57.3 Å². The van der Waals surface area contributed by atoms with Crippen LogP contribution in [0.25, 0.3) is 0 Å². The number of hydrogen-bond acceptors (Lipinski definition) is 2. The van der Waals surface area contributed by atoms with Gasteiger partial charge in [-0.2, -0.15) is 0 Å². The minimum atomic E-state index is -0.309. The second-order valence-corrected chi connectivity index (χ2v) is 5.11. The van der Waals surface area contributed by atoms with Crippen LogP contribution in [0.15, 0.2) is 30.3 Å². The highest BCUT2D eigenvalue weighted by Crippen LogP contribution is 2.31. The second-order valence-electron chi connectivity index (χ2n) is 4.27. The van der Waals surface area contributed by atoms with E-state index in [0.717, 1.165) is 5.56 Å². The van der Waals surface area contributed by atoms with Crippen LogP contribution < -0.4 is 5.32 Å². The average molecular weight is 300 g/mol. The number of anilines is 1. The Hall–Kier alpha value is -1.45. The Morgan fingerprint density at radius 1 is 1.16 bits per heavy atom. The van der Waals surface area contributed by atoms with Crippen molar-refractivity contribution in [1.82, 2.24) is 0 Å². The van der Waals surface area contributed by atoms with Crippen LogP contribution in [0.2, 0.25) is 10.0 Å². The first-order valence-corrected chi connectivity index (χ1v) is 6.39. The zero-order chi connectivity index (χ0) is 14.0. The summed E-state index contributed by atoms with van der Waals surface area (Å²) in [5.74, 6) is -0.331. The van der Waals surface area contributed by atoms with Gasteiger partial charge >= 0.3 is 0 Å². The minimum absolute atomic E-state index is 0.0216. The molecule has 0 aromatic heterocycles. The van der Waals surface area contributed by atoms with E-state index in [-0.39, 0.29) is 16.6 Å². The van der Waals surface area contributed by atoms with Gasteiger partial charge in [0.2, 0.25) is 0 Å². The molecule has 2 rings (SSSR count). The van der Waals surface area contributed by atoms with Crippen LogP contribution in [0, 0.1) is 12.7 Å². The highest BCUT2D eigenvalue weighted by Gasteiger charge is 2.08. The van der Waals surface area contributed by atoms with Crippen molar-refractivity contribution in [2.24, 2.45) is 0 Å². The van der Waals surface area contributed by atoms with Crippen LogP contribution in [0.3, 0.4) is 0 Å². The fourth-order valence-electron chi connectivity index (χ4n) is 1.79. The lowest BCUT2D eigenvalue weighted by atomic mass is 10.1. The highest BCUT2D eigenvalue weighted by atomic mass is 35.5. The standard InChI is InChI=1S/C14H12Cl2FNO/c1-8-2-11(17)6-12(3-8)18-7-9-4-10(15)5-13(16)14(9)19/h2-6,18-19H,7H2,1H3. The Bertz CT molecular complexity index is 596. The van der Waals surface area contributed by atoms with Crippen molar-refractivity contribution < 1.29 is 9.50 Å². The topological polar surface area (TPSA) is 32.3 Å². The number of aryl methyl sites for hydroxylation is 1. The van der Waals surface area contributed by atoms with Crippen molar-refractivity contribution in [2.75, 3.05) is 5.32 Å². The van der Waals surface area contributed by atoms with Crippen LogP contribution in [0.1, 0.15) is 11.1 Å². The summed E-state index contributed by atoms with van der Waals surface area (Å²) in [6.45, 7) is 2.11. The van der Waals surface area contributed by atoms with Gasteiger partial charge in [0.1, 0.15) is 11.6 Å². The molecule has 0 fully saturated rings. The summed E-state index contributed by atoms with van der Waals surface area (Å²) in [4.78, 5) is 0. The third-order valence-corrected chi connectivity index (χ3v) is 3.14. The van der Waals surface area contributed by atoms with E-state index in [2.05, 4.69) is 5.32 Å². The number of benzene rings is 2. The van der Waals surface area contributed by atoms with E-state index in [1.165, 1.54) is 18.2 Å². The number of rotatable bonds is 3. The van der Waals surface area contributed by atoms with Gasteiger partial charge in [-0.1, -0.05) is 23.2 Å². The van der Waals surface area contributed by atoms with Gasteiger partial charge in [-0.3, -0.25) is 0 Å². The maximum absolute atomic E-state index is 13.2. The summed E-state index contributed by atoms with van der Waals surface area (Å²) in [5.41, 5.74) is 2.00. The van der Waals surface area contributed by atoms with E-state index in [1.807, 2.05) is 13.0 Å². The summed E-state index contributed by atoms with van der Waals surface area (Å²) in [7, 11) is 0. The highest BCUT2D eigenvalue weighted by molar-refractivity contribution is 6.35. The lowest BCUT2D eigenvalue weighted by Gasteiger charge is -2.10. The quantitative estimate of drug-likeness (QED) is 0.856. The predicted octanol–water partition coefficient (Wildman–Crippen LogP) is 4.76. The van der Waals surface area contributed by atoms with E-state index >= 15 is 0 Å². The number of phenols is 1. The fraction of sp³-hybridized carbons (Fsp3) is 0.143. The van der Waals surface area contributed by atoms with Gasteiger partial charge in [-0.25, -0.2) is 4.39 Å². The molecule has 2 aromatic carbocycles. The number of hydrogen-bond donors (Lipinski definition) is 2. The zero-order valence-corrected chi connectivity index (χ0v) is 11.7. The van der Waals surface area contributed by atoms with Gasteiger partial charge in [0.05, 0.1) is 5.02 Å². The van der Waals surface area contributed by atoms with Crippen LogP contribution in [-0.4, -0.2) is 5.11 Å². The summed E-state index contributed by atoms with van der Waals surface area (Å²) in [5, 5.41) is 13.5. The average Bonchev–Trinajstić information content (AvgIpc) is 2.30. The minimum Gasteiger partial charge on any atom is -0.506 e. The molecule has 2 nitrogen and oxygen atoms in total. The Morgan fingerprint density at radius 2 is 1.89 bits per heavy atom. The van der Waals surface area contributed by atoms with Crippen molar-refractivity contribution in [1.29, 1.82) is 0 Å². The molecule has 0 spiro atoms. The molecular formula is C14H12Cl2FNO. The lowest BCUT2D eigenvalue weighted by Crippen LogP contribution is -2.01. The first-order chi connectivity index (χ1) is 8.95. The smallest absolute Gasteiger partial charge is 0.139 e. The van der Waals surface area contributed by atoms with Crippen molar-refractivity contribution in [3.63, 3.8) is 0 Å². The first kappa shape index (κ1) is 14.0. The SMILES string of the molecule is Cc1cc(F)cc(NCc2cc(Cl)cc(Cl)c2O)c1. The molecule has 19 heavy (non-hydrogen) atoms. The zero-order valence-electron chi connectivity index (χ0n) is 10.2. The largest absolute Gasteiger partial charge is 0.506 e. The molecule has 0 saturated carbocycles. The third kappa shape index (κ3) is 3.52. The summed E-state index contributed by atoms with van der Waals surface area (Å²) >= 11 is 11.7. The number of phenolic OH excluding ortho intramolecular Hbond substituents is 1. The molecule has 0 heterocycles. The Morgan fingerprint density at radius 3 is 2.58 bits per heavy atom. The summed E-state index contributed by atoms with van der Waals surface area (Å²) in [6, 6.07) is 7.72. The molecule has 0 radical (unpaired) electrons. The molecule has 2 aromatic rings. The summed E-state index contributed by atoms with van der Waals surface area (Å²) < 4.78 is 13.2. The molecule has 5 heteroatoms. The molecule has 0 unspecified atom stereocenters. The van der Waals surface area contributed by atoms with E-state index < -0.39 is 0 Å². The Kier molecular flexibility index (Phi) is 4.17. The lowest BCUT2D eigenvalue weighted by molar-refractivity contribution is 0.469. The Balaban J connectivity index is 2.19. The van der Waals surface area contributed by atoms with Gasteiger partial charge in [0.15, 0.2) is 0 Å². The van der Waals surface area contributed by atoms with E-state index in [9.17, 15) is 9.50 Å². The van der Waals surface area contributed by atoms with Gasteiger partial charge < -0.3 is 10.4 Å². The monoisotopic (exact) mass is 299 g/mol. The van der Waals surface area contributed by atoms with Crippen LogP contribution in [-0.2, 0) is 6.54 Å². The van der Waals surface area contributed by atoms with Crippen LogP contribution in [0.4, 0.5) is 10.1 Å². The number of aromatic hydroxyl groups is 1. The maximum Gasteiger partial charge on any atom is 0.139 e. The third-order valence-electron chi connectivity index (χ3n) is 2.63. The van der Waals surface area contributed by atoms with Crippen molar-refractivity contribution in [3.8, 4) is 5.75 Å². The fourth-order valence-corrected chi connectivity index (χ4v) is 2.33. The van der Waals surface area contributed by atoms with Crippen molar-refractivity contribution >= 4 is 28.9 Å². The summed E-state index contributed by atoms with van der Waals surface area (Å²) in [6.07, 6.45) is 0. The van der Waals surface area contributed by atoms with Gasteiger partial charge in [-0.05, 0) is 42.8 Å². The molecule has 0 bridgehead atoms. The molecule has 0 saturated heterocycles. The molecule has 100 valence electrons. The molecule has 0 aliphatic carbocycles. The van der Waals surface area contributed by atoms with E-state index in [0.29, 0.717) is 22.8 Å². The molecular weight excluding hydrogens is 288 g/mol. The van der Waals surface area contributed by atoms with E-state index in [1.54, 1.807) is 6.07 Å². The Labute approximate surface area is 120 Å². The molecule has 0 aliphatic heterocycles. The first-order valence-electron chi connectivity index (χ1n) is 5.63. The normalized spacial score (nSPS) is 10.5. The predicted molar refractivity (Wildman–Crippen MR) is 76.6 cm³/mol. The molecule has 0 atom stereocenters. The molecule has 2 N–H and O–H groups in total. The van der Waals surface area contributed by atoms with Gasteiger partial charge in [-0.15, -0.1) is 0 Å². The number of nitrogens with one attached hydrogen (secondary N) is 1. The van der Waals surface area contributed by atoms with Crippen LogP contribution >= 0.6 is 23.2 Å². The molecule has 0 amide bonds.